The lowest BCUT2D eigenvalue weighted by molar-refractivity contribution is -0.341. The second-order valence-electron chi connectivity index (χ2n) is 11.1. The molecule has 4 rings (SSSR count). The molecule has 0 aliphatic carbocycles. The molecule has 2 heterocycles. The summed E-state index contributed by atoms with van der Waals surface area (Å²) in [5, 5.41) is 8.20. The maximum atomic E-state index is 8.20. The first-order valence-corrected chi connectivity index (χ1v) is 15.2. The summed E-state index contributed by atoms with van der Waals surface area (Å²) < 4.78 is 36.0. The molecule has 0 bridgehead atoms. The van der Waals surface area contributed by atoms with Gasteiger partial charge in [0.25, 0.3) is 3.79 Å². The van der Waals surface area contributed by atoms with Gasteiger partial charge >= 0.3 is 0 Å². The van der Waals surface area contributed by atoms with E-state index in [0.29, 0.717) is 6.61 Å². The molecular formula is C31H40Cl3NO6. The molecule has 1 N–H and O–H groups in total. The number of ether oxygens (including phenoxy) is 6. The molecule has 0 spiro atoms. The standard InChI is InChI=1S/C31H40Cl3NO6/c1-18-19(2)26(36-16-23-12-8-6-9-13-23)28(38-21(18)4)40-25-20(3)22(5)39-29(41-30(35)31(32,33)34)27(25)37-17-24-14-10-7-11-15-24/h6-15,18-22,25-29,35H,16-17H2,1-5H3. The Labute approximate surface area is 258 Å². The van der Waals surface area contributed by atoms with Gasteiger partial charge in [-0.2, -0.15) is 0 Å². The van der Waals surface area contributed by atoms with Gasteiger partial charge in [-0.3, -0.25) is 5.41 Å². The van der Waals surface area contributed by atoms with Gasteiger partial charge in [-0.25, -0.2) is 0 Å². The van der Waals surface area contributed by atoms with E-state index in [-0.39, 0.29) is 42.7 Å². The molecule has 10 atom stereocenters. The van der Waals surface area contributed by atoms with Crippen LogP contribution in [0.15, 0.2) is 60.7 Å². The third kappa shape index (κ3) is 8.36. The second-order valence-corrected chi connectivity index (χ2v) is 13.3. The first kappa shape index (κ1) is 32.5. The van der Waals surface area contributed by atoms with Crippen LogP contribution in [0, 0.1) is 23.2 Å². The predicted octanol–water partition coefficient (Wildman–Crippen LogP) is 7.30. The number of halogens is 3. The number of rotatable bonds is 9. The largest absolute Gasteiger partial charge is 0.445 e. The van der Waals surface area contributed by atoms with Gasteiger partial charge in [0, 0.05) is 5.92 Å². The predicted molar refractivity (Wildman–Crippen MR) is 160 cm³/mol. The lowest BCUT2D eigenvalue weighted by Crippen LogP contribution is -2.60. The fourth-order valence-electron chi connectivity index (χ4n) is 5.20. The molecule has 2 aliphatic heterocycles. The number of hydrogen-bond donors (Lipinski definition) is 1. The Kier molecular flexibility index (Phi) is 11.4. The first-order valence-electron chi connectivity index (χ1n) is 14.1. The summed E-state index contributed by atoms with van der Waals surface area (Å²) in [4.78, 5) is 0. The molecule has 0 amide bonds. The minimum absolute atomic E-state index is 0.0487. The highest BCUT2D eigenvalue weighted by molar-refractivity contribution is 6.76. The summed E-state index contributed by atoms with van der Waals surface area (Å²) in [6.07, 6.45) is -3.74. The molecular weight excluding hydrogens is 589 g/mol. The van der Waals surface area contributed by atoms with Crippen LogP contribution in [0.4, 0.5) is 0 Å². The summed E-state index contributed by atoms with van der Waals surface area (Å²) in [6.45, 7) is 11.0. The van der Waals surface area contributed by atoms with Crippen molar-refractivity contribution in [1.82, 2.24) is 0 Å². The number of alkyl halides is 3. The third-order valence-electron chi connectivity index (χ3n) is 8.26. The van der Waals surface area contributed by atoms with Crippen LogP contribution in [-0.4, -0.2) is 52.8 Å². The Morgan fingerprint density at radius 2 is 1.17 bits per heavy atom. The smallest absolute Gasteiger partial charge is 0.265 e. The fraction of sp³-hybridized carbons (Fsp3) is 0.581. The molecule has 2 saturated heterocycles. The normalized spacial score (nSPS) is 34.2. The molecule has 0 saturated carbocycles. The molecule has 2 aromatic rings. The van der Waals surface area contributed by atoms with Crippen molar-refractivity contribution < 1.29 is 28.4 Å². The average molecular weight is 629 g/mol. The van der Waals surface area contributed by atoms with Crippen LogP contribution >= 0.6 is 34.8 Å². The van der Waals surface area contributed by atoms with E-state index in [9.17, 15) is 0 Å². The van der Waals surface area contributed by atoms with Crippen LogP contribution in [0.25, 0.3) is 0 Å². The van der Waals surface area contributed by atoms with E-state index >= 15 is 0 Å². The number of nitrogens with one attached hydrogen (secondary N) is 1. The van der Waals surface area contributed by atoms with Crippen LogP contribution in [-0.2, 0) is 41.6 Å². The van der Waals surface area contributed by atoms with E-state index in [0.717, 1.165) is 11.1 Å². The van der Waals surface area contributed by atoms with Crippen molar-refractivity contribution in [1.29, 1.82) is 5.41 Å². The minimum atomic E-state index is -2.06. The molecule has 10 unspecified atom stereocenters. The molecule has 226 valence electrons. The van der Waals surface area contributed by atoms with E-state index in [4.69, 9.17) is 68.6 Å². The monoisotopic (exact) mass is 627 g/mol. The van der Waals surface area contributed by atoms with E-state index in [1.165, 1.54) is 0 Å². The van der Waals surface area contributed by atoms with E-state index in [1.807, 2.05) is 74.5 Å². The van der Waals surface area contributed by atoms with Gasteiger partial charge < -0.3 is 28.4 Å². The van der Waals surface area contributed by atoms with Crippen molar-refractivity contribution >= 4 is 40.7 Å². The maximum Gasteiger partial charge on any atom is 0.265 e. The zero-order chi connectivity index (χ0) is 29.7. The summed E-state index contributed by atoms with van der Waals surface area (Å²) in [5.74, 6) is -0.266. The van der Waals surface area contributed by atoms with E-state index < -0.39 is 34.5 Å². The van der Waals surface area contributed by atoms with Crippen molar-refractivity contribution in [2.45, 2.75) is 94.7 Å². The van der Waals surface area contributed by atoms with E-state index in [1.54, 1.807) is 0 Å². The second kappa shape index (κ2) is 14.4. The maximum absolute atomic E-state index is 8.20. The fourth-order valence-corrected chi connectivity index (χ4v) is 5.34. The lowest BCUT2D eigenvalue weighted by atomic mass is 9.83. The van der Waals surface area contributed by atoms with Crippen molar-refractivity contribution in [3.63, 3.8) is 0 Å². The van der Waals surface area contributed by atoms with Crippen molar-refractivity contribution in [2.75, 3.05) is 0 Å². The van der Waals surface area contributed by atoms with Gasteiger partial charge in [-0.15, -0.1) is 0 Å². The van der Waals surface area contributed by atoms with Crippen LogP contribution in [0.5, 0.6) is 0 Å². The molecule has 7 nitrogen and oxygen atoms in total. The summed E-state index contributed by atoms with van der Waals surface area (Å²) >= 11 is 17.8. The molecule has 0 radical (unpaired) electrons. The summed E-state index contributed by atoms with van der Waals surface area (Å²) in [7, 11) is 0. The Balaban J connectivity index is 1.60. The lowest BCUT2D eigenvalue weighted by Gasteiger charge is -2.48. The Hall–Kier alpha value is -1.42. The van der Waals surface area contributed by atoms with Gasteiger partial charge in [0.1, 0.15) is 12.2 Å². The Bertz CT molecular complexity index is 1100. The molecule has 41 heavy (non-hydrogen) atoms. The Morgan fingerprint density at radius 3 is 1.71 bits per heavy atom. The van der Waals surface area contributed by atoms with Crippen molar-refractivity contribution in [3.8, 4) is 0 Å². The molecule has 2 aromatic carbocycles. The average Bonchev–Trinajstić information content (AvgIpc) is 2.94. The Morgan fingerprint density at radius 1 is 0.683 bits per heavy atom. The molecule has 0 aromatic heterocycles. The van der Waals surface area contributed by atoms with Gasteiger partial charge in [-0.05, 0) is 36.8 Å². The summed E-state index contributed by atoms with van der Waals surface area (Å²) in [5.41, 5.74) is 2.03. The highest BCUT2D eigenvalue weighted by Gasteiger charge is 2.50. The van der Waals surface area contributed by atoms with Crippen molar-refractivity contribution in [2.24, 2.45) is 17.8 Å². The van der Waals surface area contributed by atoms with Crippen molar-refractivity contribution in [3.05, 3.63) is 71.8 Å². The van der Waals surface area contributed by atoms with Gasteiger partial charge in [-0.1, -0.05) is 116 Å². The molecule has 10 heteroatoms. The molecule has 2 aliphatic rings. The first-order chi connectivity index (χ1) is 19.5. The van der Waals surface area contributed by atoms with E-state index in [2.05, 4.69) is 20.8 Å². The highest BCUT2D eigenvalue weighted by atomic mass is 35.6. The minimum Gasteiger partial charge on any atom is -0.445 e. The van der Waals surface area contributed by atoms with Crippen LogP contribution in [0.2, 0.25) is 0 Å². The SMILES string of the molecule is CC1OC(OC2C(C)C(C)OC(OC(=N)C(Cl)(Cl)Cl)C2OCc2ccccc2)C(OCc2ccccc2)C(C)C1C. The van der Waals surface area contributed by atoms with Crippen LogP contribution < -0.4 is 0 Å². The highest BCUT2D eigenvalue weighted by Crippen LogP contribution is 2.39. The zero-order valence-electron chi connectivity index (χ0n) is 24.0. The van der Waals surface area contributed by atoms with Gasteiger partial charge in [0.2, 0.25) is 12.2 Å². The van der Waals surface area contributed by atoms with Crippen LogP contribution in [0.1, 0.15) is 45.7 Å². The topological polar surface area (TPSA) is 79.2 Å². The quantitative estimate of drug-likeness (QED) is 0.178. The van der Waals surface area contributed by atoms with Gasteiger partial charge in [0.05, 0.1) is 31.5 Å². The molecule has 2 fully saturated rings. The number of hydrogen-bond acceptors (Lipinski definition) is 7. The van der Waals surface area contributed by atoms with Crippen LogP contribution in [0.3, 0.4) is 0 Å². The zero-order valence-corrected chi connectivity index (χ0v) is 26.3. The van der Waals surface area contributed by atoms with Gasteiger partial charge in [0.15, 0.2) is 6.29 Å². The third-order valence-corrected chi connectivity index (χ3v) is 8.77. The number of benzene rings is 2. The summed E-state index contributed by atoms with van der Waals surface area (Å²) in [6, 6.07) is 19.8.